The minimum absolute atomic E-state index is 0.150. The van der Waals surface area contributed by atoms with Gasteiger partial charge in [-0.25, -0.2) is 4.98 Å². The van der Waals surface area contributed by atoms with Crippen molar-refractivity contribution in [3.8, 4) is 0 Å². The summed E-state index contributed by atoms with van der Waals surface area (Å²) in [6.07, 6.45) is 6.12. The van der Waals surface area contributed by atoms with Crippen LogP contribution >= 0.6 is 0 Å². The average Bonchev–Trinajstić information content (AvgIpc) is 2.41. The molecule has 0 aliphatic heterocycles. The van der Waals surface area contributed by atoms with Gasteiger partial charge in [0.2, 0.25) is 5.95 Å². The highest BCUT2D eigenvalue weighted by Crippen LogP contribution is 2.29. The maximum Gasteiger partial charge on any atom is 0.269 e. The Bertz CT molecular complexity index is 428. The first-order valence-electron chi connectivity index (χ1n) is 7.06. The molecule has 1 aromatic heterocycles. The number of halogens is 1. The van der Waals surface area contributed by atoms with Crippen LogP contribution in [-0.4, -0.2) is 17.4 Å². The quantitative estimate of drug-likeness (QED) is 0.849. The Labute approximate surface area is 113 Å². The summed E-state index contributed by atoms with van der Waals surface area (Å²) in [6, 6.07) is 4.26. The summed E-state index contributed by atoms with van der Waals surface area (Å²) in [5.74, 6) is 0.664. The summed E-state index contributed by atoms with van der Waals surface area (Å²) >= 11 is 0. The lowest BCUT2D eigenvalue weighted by molar-refractivity contribution is 0.0943. The van der Waals surface area contributed by atoms with Gasteiger partial charge < -0.3 is 5.32 Å². The number of carbonyl (C=O) groups excluding carboxylic acids is 1. The maximum atomic E-state index is 12.9. The van der Waals surface area contributed by atoms with Crippen molar-refractivity contribution in [2.75, 3.05) is 6.54 Å². The highest BCUT2D eigenvalue weighted by molar-refractivity contribution is 5.92. The van der Waals surface area contributed by atoms with Crippen LogP contribution in [0.25, 0.3) is 0 Å². The predicted octanol–water partition coefficient (Wildman–Crippen LogP) is 3.17. The minimum atomic E-state index is -0.617. The second-order valence-electron chi connectivity index (χ2n) is 5.52. The van der Waals surface area contributed by atoms with E-state index in [9.17, 15) is 9.18 Å². The van der Waals surface area contributed by atoms with Gasteiger partial charge in [0.05, 0.1) is 0 Å². The zero-order valence-corrected chi connectivity index (χ0v) is 11.4. The normalized spacial score (nSPS) is 23.1. The van der Waals surface area contributed by atoms with Crippen LogP contribution < -0.4 is 5.32 Å². The number of nitrogens with one attached hydrogen (secondary N) is 1. The van der Waals surface area contributed by atoms with Crippen molar-refractivity contribution in [1.82, 2.24) is 10.3 Å². The molecule has 1 aliphatic carbocycles. The lowest BCUT2D eigenvalue weighted by atomic mass is 9.81. The van der Waals surface area contributed by atoms with E-state index in [2.05, 4.69) is 17.2 Å². The molecule has 3 nitrogen and oxygen atoms in total. The van der Waals surface area contributed by atoms with Gasteiger partial charge in [-0.1, -0.05) is 38.7 Å². The van der Waals surface area contributed by atoms with Crippen molar-refractivity contribution in [2.45, 2.75) is 39.0 Å². The van der Waals surface area contributed by atoms with Crippen LogP contribution in [0.15, 0.2) is 18.2 Å². The van der Waals surface area contributed by atoms with Gasteiger partial charge >= 0.3 is 0 Å². The van der Waals surface area contributed by atoms with E-state index >= 15 is 0 Å². The molecule has 0 spiro atoms. The Morgan fingerprint density at radius 3 is 2.79 bits per heavy atom. The molecule has 1 fully saturated rings. The second kappa shape index (κ2) is 6.64. The lowest BCUT2D eigenvalue weighted by Crippen LogP contribution is -2.27. The molecule has 0 atom stereocenters. The van der Waals surface area contributed by atoms with E-state index in [4.69, 9.17) is 0 Å². The zero-order valence-electron chi connectivity index (χ0n) is 11.4. The van der Waals surface area contributed by atoms with Gasteiger partial charge in [0.1, 0.15) is 5.69 Å². The van der Waals surface area contributed by atoms with Crippen LogP contribution in [0.2, 0.25) is 0 Å². The molecular formula is C15H21FN2O. The topological polar surface area (TPSA) is 42.0 Å². The largest absolute Gasteiger partial charge is 0.351 e. The Kier molecular flexibility index (Phi) is 4.88. The van der Waals surface area contributed by atoms with Gasteiger partial charge in [-0.05, 0) is 30.4 Å². The number of aromatic nitrogens is 1. The monoisotopic (exact) mass is 264 g/mol. The molecule has 0 saturated heterocycles. The summed E-state index contributed by atoms with van der Waals surface area (Å²) in [7, 11) is 0. The Morgan fingerprint density at radius 1 is 1.37 bits per heavy atom. The molecule has 1 heterocycles. The molecule has 0 aromatic carbocycles. The van der Waals surface area contributed by atoms with Crippen LogP contribution in [0.5, 0.6) is 0 Å². The van der Waals surface area contributed by atoms with Crippen LogP contribution in [0.1, 0.15) is 49.5 Å². The molecule has 104 valence electrons. The fourth-order valence-corrected chi connectivity index (χ4v) is 2.63. The van der Waals surface area contributed by atoms with Crippen molar-refractivity contribution < 1.29 is 9.18 Å². The van der Waals surface area contributed by atoms with E-state index < -0.39 is 5.95 Å². The van der Waals surface area contributed by atoms with Gasteiger partial charge in [0.15, 0.2) is 0 Å². The molecule has 0 unspecified atom stereocenters. The van der Waals surface area contributed by atoms with Crippen LogP contribution in [-0.2, 0) is 0 Å². The number of carbonyl (C=O) groups is 1. The zero-order chi connectivity index (χ0) is 13.7. The first kappa shape index (κ1) is 14.0. The third-order valence-electron chi connectivity index (χ3n) is 3.92. The average molecular weight is 264 g/mol. The highest BCUT2D eigenvalue weighted by atomic mass is 19.1. The molecule has 1 saturated carbocycles. The molecule has 2 rings (SSSR count). The summed E-state index contributed by atoms with van der Waals surface area (Å²) < 4.78 is 12.9. The standard InChI is InChI=1S/C15H21FN2O/c1-11-5-7-12(8-6-11)9-10-17-15(19)13-3-2-4-14(16)18-13/h2-4,11-12H,5-10H2,1H3,(H,17,19). The summed E-state index contributed by atoms with van der Waals surface area (Å²) in [5, 5.41) is 2.82. The molecule has 4 heteroatoms. The van der Waals surface area contributed by atoms with Crippen molar-refractivity contribution in [2.24, 2.45) is 11.8 Å². The summed E-state index contributed by atoms with van der Waals surface area (Å²) in [4.78, 5) is 15.3. The number of hydrogen-bond donors (Lipinski definition) is 1. The molecule has 0 radical (unpaired) electrons. The number of rotatable bonds is 4. The Hall–Kier alpha value is -1.45. The predicted molar refractivity (Wildman–Crippen MR) is 72.3 cm³/mol. The minimum Gasteiger partial charge on any atom is -0.351 e. The Balaban J connectivity index is 1.72. The fraction of sp³-hybridized carbons (Fsp3) is 0.600. The molecule has 19 heavy (non-hydrogen) atoms. The molecule has 1 aliphatic rings. The molecule has 0 bridgehead atoms. The first-order valence-corrected chi connectivity index (χ1v) is 7.06. The third kappa shape index (κ3) is 4.30. The van der Waals surface area contributed by atoms with E-state index in [0.717, 1.165) is 18.3 Å². The number of pyridine rings is 1. The number of amides is 1. The van der Waals surface area contributed by atoms with Crippen LogP contribution in [0, 0.1) is 17.8 Å². The van der Waals surface area contributed by atoms with Gasteiger partial charge in [0.25, 0.3) is 5.91 Å². The number of nitrogens with zero attached hydrogens (tertiary/aromatic N) is 1. The van der Waals surface area contributed by atoms with E-state index in [1.165, 1.54) is 43.9 Å². The van der Waals surface area contributed by atoms with Crippen molar-refractivity contribution in [1.29, 1.82) is 0 Å². The molecular weight excluding hydrogens is 243 g/mol. The van der Waals surface area contributed by atoms with Crippen molar-refractivity contribution >= 4 is 5.91 Å². The van der Waals surface area contributed by atoms with Crippen LogP contribution in [0.4, 0.5) is 4.39 Å². The van der Waals surface area contributed by atoms with Gasteiger partial charge in [0, 0.05) is 6.54 Å². The van der Waals surface area contributed by atoms with Crippen molar-refractivity contribution in [3.63, 3.8) is 0 Å². The van der Waals surface area contributed by atoms with Gasteiger partial charge in [-0.15, -0.1) is 0 Å². The fourth-order valence-electron chi connectivity index (χ4n) is 2.63. The second-order valence-corrected chi connectivity index (χ2v) is 5.52. The molecule has 1 aromatic rings. The third-order valence-corrected chi connectivity index (χ3v) is 3.92. The van der Waals surface area contributed by atoms with E-state index in [1.54, 1.807) is 0 Å². The van der Waals surface area contributed by atoms with E-state index in [-0.39, 0.29) is 11.6 Å². The Morgan fingerprint density at radius 2 is 2.11 bits per heavy atom. The highest BCUT2D eigenvalue weighted by Gasteiger charge is 2.18. The maximum absolute atomic E-state index is 12.9. The summed E-state index contributed by atoms with van der Waals surface area (Å²) in [5.41, 5.74) is 0.150. The van der Waals surface area contributed by atoms with Gasteiger partial charge in [-0.3, -0.25) is 4.79 Å². The SMILES string of the molecule is CC1CCC(CCNC(=O)c2cccc(F)n2)CC1. The van der Waals surface area contributed by atoms with E-state index in [1.807, 2.05) is 0 Å². The smallest absolute Gasteiger partial charge is 0.269 e. The van der Waals surface area contributed by atoms with Crippen LogP contribution in [0.3, 0.4) is 0 Å². The molecule has 1 N–H and O–H groups in total. The first-order chi connectivity index (χ1) is 9.15. The summed E-state index contributed by atoms with van der Waals surface area (Å²) in [6.45, 7) is 2.95. The van der Waals surface area contributed by atoms with Gasteiger partial charge in [-0.2, -0.15) is 4.39 Å². The number of hydrogen-bond acceptors (Lipinski definition) is 2. The van der Waals surface area contributed by atoms with Crippen molar-refractivity contribution in [3.05, 3.63) is 29.8 Å². The van der Waals surface area contributed by atoms with E-state index in [0.29, 0.717) is 6.54 Å². The lowest BCUT2D eigenvalue weighted by Gasteiger charge is -2.26. The molecule has 1 amide bonds.